The zero-order chi connectivity index (χ0) is 12.1. The zero-order valence-corrected chi connectivity index (χ0v) is 9.59. The normalized spacial score (nSPS) is 23.6. The van der Waals surface area contributed by atoms with Crippen LogP contribution in [0.4, 0.5) is 13.6 Å². The molecule has 0 aromatic carbocycles. The zero-order valence-electron chi connectivity index (χ0n) is 9.59. The monoisotopic (exact) mass is 231 g/mol. The number of alkyl halides is 2. The summed E-state index contributed by atoms with van der Waals surface area (Å²) in [6.07, 6.45) is 0.540. The van der Waals surface area contributed by atoms with E-state index in [1.165, 1.54) is 4.90 Å². The number of hydrogen-bond donors (Lipinski definition) is 0. The molecule has 2 aliphatic rings. The Morgan fingerprint density at radius 1 is 1.50 bits per heavy atom. The Kier molecular flexibility index (Phi) is 2.26. The topological polar surface area (TPSA) is 29.5 Å². The highest BCUT2D eigenvalue weighted by Gasteiger charge is 2.53. The van der Waals surface area contributed by atoms with Crippen LogP contribution in [0.15, 0.2) is 11.6 Å². The molecule has 0 N–H and O–H groups in total. The average Bonchev–Trinajstić information content (AvgIpc) is 2.51. The molecule has 1 heterocycles. The summed E-state index contributed by atoms with van der Waals surface area (Å²) in [5.41, 5.74) is -0.363. The molecule has 90 valence electrons. The number of nitrogens with zero attached hydrogens (tertiary/aromatic N) is 1. The minimum atomic E-state index is -2.69. The van der Waals surface area contributed by atoms with Gasteiger partial charge in [0.25, 0.3) is 5.92 Å². The number of hydrogen-bond acceptors (Lipinski definition) is 2. The molecule has 0 saturated carbocycles. The number of likely N-dealkylation sites (tertiary alicyclic amines) is 1. The van der Waals surface area contributed by atoms with E-state index in [1.54, 1.807) is 20.8 Å². The molecule has 0 atom stereocenters. The van der Waals surface area contributed by atoms with Crippen LogP contribution in [-0.2, 0) is 4.74 Å². The van der Waals surface area contributed by atoms with Gasteiger partial charge >= 0.3 is 6.09 Å². The lowest BCUT2D eigenvalue weighted by Crippen LogP contribution is -2.51. The molecule has 5 heteroatoms. The fourth-order valence-electron chi connectivity index (χ4n) is 1.70. The molecular formula is C11H15F2NO2. The quantitative estimate of drug-likeness (QED) is 0.649. The Bertz CT molecular complexity index is 351. The number of halogens is 2. The summed E-state index contributed by atoms with van der Waals surface area (Å²) in [6.45, 7) is 6.02. The Balaban J connectivity index is 1.77. The van der Waals surface area contributed by atoms with Gasteiger partial charge in [-0.3, -0.25) is 0 Å². The van der Waals surface area contributed by atoms with Crippen LogP contribution < -0.4 is 0 Å². The standard InChI is InChI=1S/C11H15F2NO2/c1-10(2,3)16-9(15)14-5-7(6-14)8-4-11(8,12)13/h4,7H,5-6H2,1-3H3. The maximum absolute atomic E-state index is 12.6. The van der Waals surface area contributed by atoms with E-state index in [0.29, 0.717) is 13.1 Å². The van der Waals surface area contributed by atoms with Gasteiger partial charge in [-0.25, -0.2) is 4.79 Å². The van der Waals surface area contributed by atoms with Crippen LogP contribution in [0, 0.1) is 5.92 Å². The van der Waals surface area contributed by atoms with Crippen molar-refractivity contribution in [2.45, 2.75) is 32.3 Å². The van der Waals surface area contributed by atoms with Crippen LogP contribution in [0.25, 0.3) is 0 Å². The van der Waals surface area contributed by atoms with Gasteiger partial charge in [-0.05, 0) is 26.8 Å². The van der Waals surface area contributed by atoms with Crippen molar-refractivity contribution < 1.29 is 18.3 Å². The van der Waals surface area contributed by atoms with Gasteiger partial charge < -0.3 is 9.64 Å². The highest BCUT2D eigenvalue weighted by atomic mass is 19.3. The number of rotatable bonds is 1. The number of carbonyl (C=O) groups is 1. The van der Waals surface area contributed by atoms with Gasteiger partial charge in [0.2, 0.25) is 0 Å². The largest absolute Gasteiger partial charge is 0.444 e. The predicted octanol–water partition coefficient (Wildman–Crippen LogP) is 2.43. The smallest absolute Gasteiger partial charge is 0.410 e. The van der Waals surface area contributed by atoms with E-state index in [0.717, 1.165) is 6.08 Å². The number of ether oxygens (including phenoxy) is 1. The molecule has 1 saturated heterocycles. The summed E-state index contributed by atoms with van der Waals surface area (Å²) in [5, 5.41) is 0. The molecule has 0 radical (unpaired) electrons. The molecule has 3 nitrogen and oxygen atoms in total. The van der Waals surface area contributed by atoms with Gasteiger partial charge in [0.1, 0.15) is 5.60 Å². The van der Waals surface area contributed by atoms with Crippen molar-refractivity contribution in [2.75, 3.05) is 13.1 Å². The molecule has 2 rings (SSSR count). The van der Waals surface area contributed by atoms with Crippen LogP contribution in [0.5, 0.6) is 0 Å². The summed E-state index contributed by atoms with van der Waals surface area (Å²) < 4.78 is 30.4. The third-order valence-corrected chi connectivity index (χ3v) is 2.61. The van der Waals surface area contributed by atoms with Crippen molar-refractivity contribution >= 4 is 6.09 Å². The predicted molar refractivity (Wildman–Crippen MR) is 54.3 cm³/mol. The highest BCUT2D eigenvalue weighted by Crippen LogP contribution is 2.47. The third kappa shape index (κ3) is 2.18. The second-order valence-electron chi connectivity index (χ2n) is 5.30. The Hall–Kier alpha value is -1.13. The SMILES string of the molecule is CC(C)(C)OC(=O)N1CC(C2=CC2(F)F)C1. The van der Waals surface area contributed by atoms with E-state index in [2.05, 4.69) is 0 Å². The first-order chi connectivity index (χ1) is 7.19. The molecule has 1 aliphatic carbocycles. The molecular weight excluding hydrogens is 216 g/mol. The van der Waals surface area contributed by atoms with E-state index in [-0.39, 0.29) is 11.5 Å². The van der Waals surface area contributed by atoms with Crippen molar-refractivity contribution in [3.8, 4) is 0 Å². The van der Waals surface area contributed by atoms with Gasteiger partial charge in [-0.15, -0.1) is 0 Å². The minimum absolute atomic E-state index is 0.173. The van der Waals surface area contributed by atoms with Gasteiger partial charge in [-0.2, -0.15) is 8.78 Å². The average molecular weight is 231 g/mol. The van der Waals surface area contributed by atoms with E-state index >= 15 is 0 Å². The first-order valence-electron chi connectivity index (χ1n) is 5.28. The lowest BCUT2D eigenvalue weighted by molar-refractivity contribution is 0.000579. The summed E-state index contributed by atoms with van der Waals surface area (Å²) in [7, 11) is 0. The minimum Gasteiger partial charge on any atom is -0.444 e. The van der Waals surface area contributed by atoms with Crippen molar-refractivity contribution in [3.63, 3.8) is 0 Å². The molecule has 1 aliphatic heterocycles. The second kappa shape index (κ2) is 3.18. The molecule has 0 aromatic heterocycles. The van der Waals surface area contributed by atoms with Gasteiger partial charge in [0.15, 0.2) is 0 Å². The van der Waals surface area contributed by atoms with Gasteiger partial charge in [-0.1, -0.05) is 0 Å². The number of amides is 1. The Morgan fingerprint density at radius 3 is 2.38 bits per heavy atom. The van der Waals surface area contributed by atoms with Crippen LogP contribution >= 0.6 is 0 Å². The van der Waals surface area contributed by atoms with Crippen molar-refractivity contribution in [3.05, 3.63) is 11.6 Å². The maximum atomic E-state index is 12.6. The fraction of sp³-hybridized carbons (Fsp3) is 0.727. The van der Waals surface area contributed by atoms with Crippen LogP contribution in [-0.4, -0.2) is 35.6 Å². The number of allylic oxidation sites excluding steroid dienone is 1. The maximum Gasteiger partial charge on any atom is 0.410 e. The highest BCUT2D eigenvalue weighted by molar-refractivity contribution is 5.69. The molecule has 0 spiro atoms. The lowest BCUT2D eigenvalue weighted by atomic mass is 9.97. The first-order valence-corrected chi connectivity index (χ1v) is 5.28. The molecule has 0 bridgehead atoms. The van der Waals surface area contributed by atoms with Gasteiger partial charge in [0, 0.05) is 24.6 Å². The van der Waals surface area contributed by atoms with Crippen LogP contribution in [0.3, 0.4) is 0 Å². The molecule has 0 unspecified atom stereocenters. The summed E-state index contributed by atoms with van der Waals surface area (Å²) >= 11 is 0. The van der Waals surface area contributed by atoms with Crippen LogP contribution in [0.2, 0.25) is 0 Å². The Labute approximate surface area is 93.1 Å². The summed E-state index contributed by atoms with van der Waals surface area (Å²) in [4.78, 5) is 12.9. The number of carbonyl (C=O) groups excluding carboxylic acids is 1. The van der Waals surface area contributed by atoms with Crippen molar-refractivity contribution in [1.82, 2.24) is 4.90 Å². The van der Waals surface area contributed by atoms with E-state index < -0.39 is 17.6 Å². The molecule has 1 fully saturated rings. The molecule has 1 amide bonds. The third-order valence-electron chi connectivity index (χ3n) is 2.61. The summed E-state index contributed by atoms with van der Waals surface area (Å²) in [6, 6.07) is 0. The fourth-order valence-corrected chi connectivity index (χ4v) is 1.70. The van der Waals surface area contributed by atoms with Crippen LogP contribution in [0.1, 0.15) is 20.8 Å². The van der Waals surface area contributed by atoms with Gasteiger partial charge in [0.05, 0.1) is 0 Å². The first kappa shape index (κ1) is 11.4. The van der Waals surface area contributed by atoms with Crippen molar-refractivity contribution in [2.24, 2.45) is 5.92 Å². The van der Waals surface area contributed by atoms with E-state index in [9.17, 15) is 13.6 Å². The second-order valence-corrected chi connectivity index (χ2v) is 5.30. The van der Waals surface area contributed by atoms with E-state index in [1.807, 2.05) is 0 Å². The summed E-state index contributed by atoms with van der Waals surface area (Å²) in [5.74, 6) is -2.87. The molecule has 16 heavy (non-hydrogen) atoms. The lowest BCUT2D eigenvalue weighted by Gasteiger charge is -2.39. The Morgan fingerprint density at radius 2 is 2.00 bits per heavy atom. The van der Waals surface area contributed by atoms with E-state index in [4.69, 9.17) is 4.74 Å². The van der Waals surface area contributed by atoms with Crippen molar-refractivity contribution in [1.29, 1.82) is 0 Å². The molecule has 0 aromatic rings.